The maximum Gasteiger partial charge on any atom is 0.195 e. The van der Waals surface area contributed by atoms with Crippen LogP contribution in [0.15, 0.2) is 223 Å². The lowest BCUT2D eigenvalue weighted by Crippen LogP contribution is -2.25. The van der Waals surface area contributed by atoms with Gasteiger partial charge in [0.1, 0.15) is 0 Å². The van der Waals surface area contributed by atoms with Gasteiger partial charge in [-0.3, -0.25) is 4.79 Å². The Kier molecular flexibility index (Phi) is 6.91. The van der Waals surface area contributed by atoms with Crippen LogP contribution in [0.5, 0.6) is 0 Å². The van der Waals surface area contributed by atoms with Crippen LogP contribution in [0.1, 0.15) is 44.5 Å². The topological polar surface area (TPSA) is 17.1 Å². The molecule has 0 saturated heterocycles. The summed E-state index contributed by atoms with van der Waals surface area (Å²) in [7, 11) is 0. The minimum atomic E-state index is -0.422. The van der Waals surface area contributed by atoms with Gasteiger partial charge in [0, 0.05) is 20.2 Å². The monoisotopic (exact) mass is 840 g/mol. The van der Waals surface area contributed by atoms with E-state index in [9.17, 15) is 4.79 Å². The van der Waals surface area contributed by atoms with Crippen LogP contribution in [0.25, 0.3) is 86.9 Å². The molecule has 0 radical (unpaired) electrons. The lowest BCUT2D eigenvalue weighted by atomic mass is 9.70. The maximum absolute atomic E-state index is 14.9. The van der Waals surface area contributed by atoms with Gasteiger partial charge in [-0.25, -0.2) is 0 Å². The first-order valence-electron chi connectivity index (χ1n) is 22.5. The highest BCUT2D eigenvalue weighted by atomic mass is 32.1. The van der Waals surface area contributed by atoms with Crippen LogP contribution in [-0.2, 0) is 10.8 Å². The summed E-state index contributed by atoms with van der Waals surface area (Å²) in [4.78, 5) is 14.9. The summed E-state index contributed by atoms with van der Waals surface area (Å²) in [6.07, 6.45) is 0. The number of benzene rings is 10. The SMILES string of the molecule is O=c1c2cc(-c3ccc4c(c3)C3(c5ccccc5-c5ccccc53)c3ccccc3-4)ccc2sc2ccc(-c3ccc4c(c3)C3(c5ccccc5-c5ccccc53)c3ccccc3-4)cc12. The van der Waals surface area contributed by atoms with Crippen molar-refractivity contribution in [1.82, 2.24) is 0 Å². The minimum Gasteiger partial charge on any atom is -0.289 e. The van der Waals surface area contributed by atoms with Crippen molar-refractivity contribution in [2.24, 2.45) is 0 Å². The van der Waals surface area contributed by atoms with E-state index >= 15 is 0 Å². The van der Waals surface area contributed by atoms with Crippen LogP contribution >= 0.6 is 11.3 Å². The molecule has 11 aromatic rings. The van der Waals surface area contributed by atoms with E-state index in [1.165, 1.54) is 89.0 Å². The van der Waals surface area contributed by atoms with E-state index < -0.39 is 10.8 Å². The van der Waals surface area contributed by atoms with Crippen molar-refractivity contribution >= 4 is 31.5 Å². The summed E-state index contributed by atoms with van der Waals surface area (Å²) in [5, 5.41) is 1.52. The first-order chi connectivity index (χ1) is 32.1. The molecule has 65 heavy (non-hydrogen) atoms. The number of hydrogen-bond acceptors (Lipinski definition) is 2. The van der Waals surface area contributed by atoms with Gasteiger partial charge in [-0.2, -0.15) is 0 Å². The Bertz CT molecular complexity index is 3620. The smallest absolute Gasteiger partial charge is 0.195 e. The zero-order valence-corrected chi connectivity index (χ0v) is 35.9. The molecule has 2 heteroatoms. The zero-order valence-electron chi connectivity index (χ0n) is 35.1. The van der Waals surface area contributed by atoms with E-state index in [0.717, 1.165) is 42.4 Å². The Morgan fingerprint density at radius 2 is 0.523 bits per heavy atom. The molecule has 1 heterocycles. The molecular formula is C63H36OS. The van der Waals surface area contributed by atoms with Crippen LogP contribution in [-0.4, -0.2) is 0 Å². The van der Waals surface area contributed by atoms with E-state index in [1.807, 2.05) is 0 Å². The van der Waals surface area contributed by atoms with E-state index in [4.69, 9.17) is 0 Å². The minimum absolute atomic E-state index is 0.0739. The molecule has 0 aliphatic heterocycles. The Hall–Kier alpha value is -7.91. The Labute approximate surface area is 380 Å². The summed E-state index contributed by atoms with van der Waals surface area (Å²) in [5.74, 6) is 0. The molecule has 2 spiro atoms. The molecule has 15 rings (SSSR count). The first-order valence-corrected chi connectivity index (χ1v) is 23.3. The van der Waals surface area contributed by atoms with Gasteiger partial charge in [-0.05, 0) is 148 Å². The quantitative estimate of drug-likeness (QED) is 0.159. The molecule has 4 aliphatic rings. The van der Waals surface area contributed by atoms with Gasteiger partial charge < -0.3 is 0 Å². The molecule has 4 aliphatic carbocycles. The van der Waals surface area contributed by atoms with Crippen LogP contribution in [0, 0.1) is 0 Å². The second kappa shape index (κ2) is 12.6. The van der Waals surface area contributed by atoms with Crippen molar-refractivity contribution in [3.05, 3.63) is 273 Å². The normalized spacial score (nSPS) is 14.5. The van der Waals surface area contributed by atoms with Crippen molar-refractivity contribution in [3.8, 4) is 66.8 Å². The molecule has 10 aromatic carbocycles. The molecule has 0 N–H and O–H groups in total. The van der Waals surface area contributed by atoms with Gasteiger partial charge >= 0.3 is 0 Å². The molecule has 1 nitrogen and oxygen atoms in total. The fourth-order valence-electron chi connectivity index (χ4n) is 12.8. The molecule has 0 atom stereocenters. The molecule has 0 amide bonds. The molecule has 300 valence electrons. The molecule has 0 unspecified atom stereocenters. The van der Waals surface area contributed by atoms with Crippen LogP contribution in [0.2, 0.25) is 0 Å². The van der Waals surface area contributed by atoms with Gasteiger partial charge in [-0.1, -0.05) is 182 Å². The van der Waals surface area contributed by atoms with Crippen LogP contribution < -0.4 is 5.43 Å². The Balaban J connectivity index is 0.883. The lowest BCUT2D eigenvalue weighted by Gasteiger charge is -2.30. The predicted octanol–water partition coefficient (Wildman–Crippen LogP) is 15.4. The molecule has 0 fully saturated rings. The second-order valence-electron chi connectivity index (χ2n) is 18.1. The third kappa shape index (κ3) is 4.36. The summed E-state index contributed by atoms with van der Waals surface area (Å²) in [6, 6.07) is 80.5. The van der Waals surface area contributed by atoms with Crippen molar-refractivity contribution in [2.75, 3.05) is 0 Å². The second-order valence-corrected chi connectivity index (χ2v) is 19.2. The average Bonchev–Trinajstić information content (AvgIpc) is 4.05. The fourth-order valence-corrected chi connectivity index (χ4v) is 13.8. The summed E-state index contributed by atoms with van der Waals surface area (Å²) < 4.78 is 2.00. The van der Waals surface area contributed by atoms with E-state index in [0.29, 0.717) is 0 Å². The Morgan fingerprint density at radius 1 is 0.262 bits per heavy atom. The number of rotatable bonds is 2. The summed E-state index contributed by atoms with van der Waals surface area (Å²) in [5.41, 5.74) is 24.4. The Morgan fingerprint density at radius 3 is 0.846 bits per heavy atom. The third-order valence-electron chi connectivity index (χ3n) is 15.3. The first kappa shape index (κ1) is 35.5. The van der Waals surface area contributed by atoms with Gasteiger partial charge in [0.25, 0.3) is 0 Å². The summed E-state index contributed by atoms with van der Waals surface area (Å²) >= 11 is 1.70. The summed E-state index contributed by atoms with van der Waals surface area (Å²) in [6.45, 7) is 0. The van der Waals surface area contributed by atoms with E-state index in [2.05, 4.69) is 218 Å². The average molecular weight is 841 g/mol. The largest absolute Gasteiger partial charge is 0.289 e. The van der Waals surface area contributed by atoms with Crippen LogP contribution in [0.4, 0.5) is 0 Å². The van der Waals surface area contributed by atoms with Crippen molar-refractivity contribution in [2.45, 2.75) is 10.8 Å². The van der Waals surface area contributed by atoms with E-state index in [1.54, 1.807) is 11.3 Å². The zero-order chi connectivity index (χ0) is 42.6. The lowest BCUT2D eigenvalue weighted by molar-refractivity contribution is 0.794. The third-order valence-corrected chi connectivity index (χ3v) is 16.5. The van der Waals surface area contributed by atoms with Gasteiger partial charge in [0.2, 0.25) is 0 Å². The van der Waals surface area contributed by atoms with Crippen molar-refractivity contribution in [3.63, 3.8) is 0 Å². The number of fused-ring (bicyclic) bond motifs is 22. The maximum atomic E-state index is 14.9. The van der Waals surface area contributed by atoms with Crippen molar-refractivity contribution < 1.29 is 0 Å². The highest BCUT2D eigenvalue weighted by molar-refractivity contribution is 7.24. The van der Waals surface area contributed by atoms with E-state index in [-0.39, 0.29) is 5.43 Å². The molecule has 1 aromatic heterocycles. The van der Waals surface area contributed by atoms with Crippen LogP contribution in [0.3, 0.4) is 0 Å². The van der Waals surface area contributed by atoms with Gasteiger partial charge in [0.15, 0.2) is 5.43 Å². The standard InChI is InChI=1S/C63H36OS/c64-61-49-33-37(39-25-29-47-45-17-5-11-23-55(45)62(57(47)35-39)51-19-7-1-13-41(51)42-14-2-8-20-52(42)62)27-31-59(49)65-60-32-28-38(34-50(60)61)40-26-30-48-46-18-6-12-24-56(46)63(58(48)36-40)53-21-9-3-15-43(53)44-16-4-10-22-54(44)63/h1-36H. The molecular weight excluding hydrogens is 805 g/mol. The number of hydrogen-bond donors (Lipinski definition) is 0. The van der Waals surface area contributed by atoms with Gasteiger partial charge in [-0.15, -0.1) is 11.3 Å². The molecule has 0 bridgehead atoms. The molecule has 0 saturated carbocycles. The highest BCUT2D eigenvalue weighted by Gasteiger charge is 2.53. The fraction of sp³-hybridized carbons (Fsp3) is 0.0317. The highest BCUT2D eigenvalue weighted by Crippen LogP contribution is 2.64. The van der Waals surface area contributed by atoms with Gasteiger partial charge in [0.05, 0.1) is 10.8 Å². The predicted molar refractivity (Wildman–Crippen MR) is 269 cm³/mol. The van der Waals surface area contributed by atoms with Crippen molar-refractivity contribution in [1.29, 1.82) is 0 Å².